The van der Waals surface area contributed by atoms with Gasteiger partial charge in [0.25, 0.3) is 0 Å². The smallest absolute Gasteiger partial charge is 0.335 e. The van der Waals surface area contributed by atoms with Crippen LogP contribution in [-0.4, -0.2) is 24.7 Å². The van der Waals surface area contributed by atoms with Crippen LogP contribution >= 0.6 is 0 Å². The van der Waals surface area contributed by atoms with Crippen LogP contribution in [0.3, 0.4) is 0 Å². The number of carbonyl (C=O) groups is 1. The molecule has 0 saturated heterocycles. The van der Waals surface area contributed by atoms with Crippen LogP contribution in [0.5, 0.6) is 0 Å². The topological polar surface area (TPSA) is 40.5 Å². The third kappa shape index (κ3) is 2.36. The molecule has 0 spiro atoms. The van der Waals surface area contributed by atoms with Gasteiger partial charge in [-0.05, 0) is 12.1 Å². The predicted molar refractivity (Wildman–Crippen MR) is 56.8 cm³/mol. The summed E-state index contributed by atoms with van der Waals surface area (Å²) in [6.45, 7) is 3.71. The molecular weight excluding hydrogens is 216 g/mol. The molecule has 0 atom stereocenters. The zero-order chi connectivity index (χ0) is 12.3. The van der Waals surface area contributed by atoms with E-state index >= 15 is 0 Å². The number of rotatable bonds is 4. The number of aromatic carboxylic acids is 1. The average molecular weight is 227 g/mol. The number of anilines is 1. The van der Waals surface area contributed by atoms with Crippen molar-refractivity contribution in [1.29, 1.82) is 0 Å². The highest BCUT2D eigenvalue weighted by atomic mass is 19.1. The van der Waals surface area contributed by atoms with E-state index in [9.17, 15) is 13.6 Å². The summed E-state index contributed by atoms with van der Waals surface area (Å²) >= 11 is 0. The molecule has 0 bridgehead atoms. The Kier molecular flexibility index (Phi) is 3.60. The second kappa shape index (κ2) is 4.74. The fourth-order valence-electron chi connectivity index (χ4n) is 1.34. The minimum Gasteiger partial charge on any atom is -0.478 e. The van der Waals surface area contributed by atoms with Crippen molar-refractivity contribution in [3.63, 3.8) is 0 Å². The number of carboxylic acids is 1. The Bertz CT molecular complexity index is 409. The first-order chi connectivity index (χ1) is 7.47. The van der Waals surface area contributed by atoms with Crippen LogP contribution in [-0.2, 0) is 0 Å². The molecule has 0 heterocycles. The van der Waals surface area contributed by atoms with Crippen LogP contribution in [0.25, 0.3) is 0 Å². The van der Waals surface area contributed by atoms with Crippen molar-refractivity contribution < 1.29 is 18.7 Å². The number of hydrogen-bond donors (Lipinski definition) is 1. The Morgan fingerprint density at radius 3 is 2.38 bits per heavy atom. The van der Waals surface area contributed by atoms with Gasteiger partial charge >= 0.3 is 5.97 Å². The van der Waals surface area contributed by atoms with Crippen molar-refractivity contribution in [2.75, 3.05) is 18.5 Å². The van der Waals surface area contributed by atoms with Gasteiger partial charge in [-0.1, -0.05) is 6.08 Å². The quantitative estimate of drug-likeness (QED) is 0.802. The summed E-state index contributed by atoms with van der Waals surface area (Å²) in [4.78, 5) is 11.9. The molecule has 16 heavy (non-hydrogen) atoms. The van der Waals surface area contributed by atoms with Crippen molar-refractivity contribution >= 4 is 11.7 Å². The van der Waals surface area contributed by atoms with Crippen molar-refractivity contribution in [2.24, 2.45) is 0 Å². The monoisotopic (exact) mass is 227 g/mol. The predicted octanol–water partition coefficient (Wildman–Crippen LogP) is 2.29. The number of likely N-dealkylation sites (N-methyl/N-ethyl adjacent to an activating group) is 1. The first-order valence-electron chi connectivity index (χ1n) is 4.51. The highest BCUT2D eigenvalue weighted by Crippen LogP contribution is 2.24. The lowest BCUT2D eigenvalue weighted by atomic mass is 10.1. The molecule has 1 aromatic rings. The molecule has 0 unspecified atom stereocenters. The number of nitrogens with zero attached hydrogens (tertiary/aromatic N) is 1. The lowest BCUT2D eigenvalue weighted by Crippen LogP contribution is -2.20. The van der Waals surface area contributed by atoms with Gasteiger partial charge < -0.3 is 10.0 Å². The van der Waals surface area contributed by atoms with Crippen molar-refractivity contribution in [3.8, 4) is 0 Å². The van der Waals surface area contributed by atoms with Crippen molar-refractivity contribution in [3.05, 3.63) is 42.0 Å². The molecule has 0 aliphatic rings. The van der Waals surface area contributed by atoms with Gasteiger partial charge in [0.2, 0.25) is 0 Å². The number of hydrogen-bond acceptors (Lipinski definition) is 2. The summed E-state index contributed by atoms with van der Waals surface area (Å²) < 4.78 is 26.9. The van der Waals surface area contributed by atoms with Crippen LogP contribution in [0.1, 0.15) is 10.4 Å². The fourth-order valence-corrected chi connectivity index (χ4v) is 1.34. The van der Waals surface area contributed by atoms with Crippen molar-refractivity contribution in [2.45, 2.75) is 0 Å². The summed E-state index contributed by atoms with van der Waals surface area (Å²) in [5, 5.41) is 8.60. The summed E-state index contributed by atoms with van der Waals surface area (Å²) in [6.07, 6.45) is 1.49. The van der Waals surface area contributed by atoms with E-state index in [1.807, 2.05) is 0 Å². The highest BCUT2D eigenvalue weighted by Gasteiger charge is 2.16. The van der Waals surface area contributed by atoms with Crippen LogP contribution < -0.4 is 4.90 Å². The first kappa shape index (κ1) is 12.2. The maximum atomic E-state index is 13.5. The second-order valence-corrected chi connectivity index (χ2v) is 3.26. The molecule has 0 aromatic heterocycles. The van der Waals surface area contributed by atoms with Crippen molar-refractivity contribution in [1.82, 2.24) is 0 Å². The van der Waals surface area contributed by atoms with Gasteiger partial charge in [0, 0.05) is 13.6 Å². The number of carboxylic acid groups (broad SMARTS) is 1. The number of halogens is 2. The summed E-state index contributed by atoms with van der Waals surface area (Å²) in [7, 11) is 1.49. The molecule has 0 amide bonds. The Balaban J connectivity index is 3.21. The standard InChI is InChI=1S/C11H11F2NO2/c1-3-4-14(2)10-8(12)5-7(11(15)16)6-9(10)13/h3,5-6H,1,4H2,2H3,(H,15,16). The molecule has 1 N–H and O–H groups in total. The molecule has 0 fully saturated rings. The number of benzene rings is 1. The molecule has 0 radical (unpaired) electrons. The van der Waals surface area contributed by atoms with Gasteiger partial charge in [-0.25, -0.2) is 13.6 Å². The Morgan fingerprint density at radius 2 is 2.00 bits per heavy atom. The second-order valence-electron chi connectivity index (χ2n) is 3.26. The van der Waals surface area contributed by atoms with E-state index in [0.29, 0.717) is 0 Å². The van der Waals surface area contributed by atoms with Gasteiger partial charge in [0.15, 0.2) is 0 Å². The summed E-state index contributed by atoms with van der Waals surface area (Å²) in [6, 6.07) is 1.58. The zero-order valence-electron chi connectivity index (χ0n) is 8.70. The molecule has 1 aromatic carbocycles. The van der Waals surface area contributed by atoms with Gasteiger partial charge in [-0.15, -0.1) is 6.58 Å². The van der Waals surface area contributed by atoms with Gasteiger partial charge in [-0.2, -0.15) is 0 Å². The van der Waals surface area contributed by atoms with E-state index in [1.165, 1.54) is 18.0 Å². The maximum absolute atomic E-state index is 13.5. The third-order valence-corrected chi connectivity index (χ3v) is 2.05. The zero-order valence-corrected chi connectivity index (χ0v) is 8.70. The fraction of sp³-hybridized carbons (Fsp3) is 0.182. The van der Waals surface area contributed by atoms with Crippen LogP contribution in [0.4, 0.5) is 14.5 Å². The van der Waals surface area contributed by atoms with E-state index in [-0.39, 0.29) is 12.2 Å². The summed E-state index contributed by atoms with van der Waals surface area (Å²) in [5.74, 6) is -3.17. The third-order valence-electron chi connectivity index (χ3n) is 2.05. The minimum atomic E-state index is -1.37. The molecule has 0 aliphatic heterocycles. The van der Waals surface area contributed by atoms with E-state index in [2.05, 4.69) is 6.58 Å². The maximum Gasteiger partial charge on any atom is 0.335 e. The molecule has 0 saturated carbocycles. The molecular formula is C11H11F2NO2. The Morgan fingerprint density at radius 1 is 1.50 bits per heavy atom. The largest absolute Gasteiger partial charge is 0.478 e. The van der Waals surface area contributed by atoms with Gasteiger partial charge in [-0.3, -0.25) is 0 Å². The normalized spacial score (nSPS) is 9.94. The van der Waals surface area contributed by atoms with Crippen LogP contribution in [0, 0.1) is 11.6 Å². The van der Waals surface area contributed by atoms with E-state index in [1.54, 1.807) is 0 Å². The molecule has 86 valence electrons. The van der Waals surface area contributed by atoms with E-state index < -0.39 is 23.2 Å². The molecule has 3 nitrogen and oxygen atoms in total. The first-order valence-corrected chi connectivity index (χ1v) is 4.51. The molecule has 0 aliphatic carbocycles. The van der Waals surface area contributed by atoms with Crippen LogP contribution in [0.15, 0.2) is 24.8 Å². The summed E-state index contributed by atoms with van der Waals surface area (Å²) in [5.41, 5.74) is -0.671. The average Bonchev–Trinajstić information content (AvgIpc) is 2.16. The van der Waals surface area contributed by atoms with Gasteiger partial charge in [0.05, 0.1) is 5.56 Å². The minimum absolute atomic E-state index is 0.259. The van der Waals surface area contributed by atoms with Crippen LogP contribution in [0.2, 0.25) is 0 Å². The van der Waals surface area contributed by atoms with E-state index in [0.717, 1.165) is 12.1 Å². The molecule has 1 rings (SSSR count). The molecule has 5 heteroatoms. The lowest BCUT2D eigenvalue weighted by Gasteiger charge is -2.18. The van der Waals surface area contributed by atoms with Gasteiger partial charge in [0.1, 0.15) is 17.3 Å². The van der Waals surface area contributed by atoms with E-state index in [4.69, 9.17) is 5.11 Å². The lowest BCUT2D eigenvalue weighted by molar-refractivity contribution is 0.0696. The Labute approximate surface area is 91.6 Å². The SMILES string of the molecule is C=CCN(C)c1c(F)cc(C(=O)O)cc1F. The highest BCUT2D eigenvalue weighted by molar-refractivity contribution is 5.88. The Hall–Kier alpha value is -1.91.